The second kappa shape index (κ2) is 8.06. The molecule has 4 nitrogen and oxygen atoms in total. The van der Waals surface area contributed by atoms with Crippen LogP contribution in [0.25, 0.3) is 11.3 Å². The summed E-state index contributed by atoms with van der Waals surface area (Å²) >= 11 is 19.2. The molecule has 1 amide bonds. The SMILES string of the molecule is O=C(COc1ccc(Cl)cc1)Nc1nc(-c2ccc(Cl)cc2Cl)cs1. The van der Waals surface area contributed by atoms with Gasteiger partial charge >= 0.3 is 0 Å². The van der Waals surface area contributed by atoms with E-state index in [1.54, 1.807) is 42.5 Å². The van der Waals surface area contributed by atoms with E-state index in [2.05, 4.69) is 10.3 Å². The van der Waals surface area contributed by atoms with E-state index in [1.165, 1.54) is 11.3 Å². The van der Waals surface area contributed by atoms with Crippen LogP contribution in [0.3, 0.4) is 0 Å². The van der Waals surface area contributed by atoms with Gasteiger partial charge in [0.05, 0.1) is 10.7 Å². The molecule has 0 radical (unpaired) electrons. The van der Waals surface area contributed by atoms with Crippen molar-refractivity contribution in [2.75, 3.05) is 11.9 Å². The molecule has 8 heteroatoms. The quantitative estimate of drug-likeness (QED) is 0.576. The maximum Gasteiger partial charge on any atom is 0.264 e. The Labute approximate surface area is 163 Å². The maximum absolute atomic E-state index is 12.0. The van der Waals surface area contributed by atoms with Crippen molar-refractivity contribution in [3.63, 3.8) is 0 Å². The molecule has 3 rings (SSSR count). The molecular weight excluding hydrogens is 403 g/mol. The van der Waals surface area contributed by atoms with Crippen LogP contribution in [-0.4, -0.2) is 17.5 Å². The molecule has 0 aliphatic heterocycles. The van der Waals surface area contributed by atoms with Crippen LogP contribution in [0.4, 0.5) is 5.13 Å². The summed E-state index contributed by atoms with van der Waals surface area (Å²) in [6.45, 7) is -0.127. The molecule has 0 fully saturated rings. The lowest BCUT2D eigenvalue weighted by Gasteiger charge is -2.05. The summed E-state index contributed by atoms with van der Waals surface area (Å²) in [5, 5.41) is 6.63. The highest BCUT2D eigenvalue weighted by Gasteiger charge is 2.11. The normalized spacial score (nSPS) is 10.5. The van der Waals surface area contributed by atoms with Gasteiger partial charge in [-0.05, 0) is 42.5 Å². The minimum atomic E-state index is -0.307. The highest BCUT2D eigenvalue weighted by Crippen LogP contribution is 2.32. The van der Waals surface area contributed by atoms with Crippen molar-refractivity contribution in [2.24, 2.45) is 0 Å². The van der Waals surface area contributed by atoms with E-state index in [0.717, 1.165) is 5.56 Å². The van der Waals surface area contributed by atoms with E-state index < -0.39 is 0 Å². The molecular formula is C17H11Cl3N2O2S. The third-order valence-electron chi connectivity index (χ3n) is 3.14. The fourth-order valence-corrected chi connectivity index (χ4v) is 3.35. The van der Waals surface area contributed by atoms with Crippen molar-refractivity contribution in [2.45, 2.75) is 0 Å². The van der Waals surface area contributed by atoms with Gasteiger partial charge in [0.15, 0.2) is 11.7 Å². The Morgan fingerprint density at radius 1 is 1.08 bits per heavy atom. The molecule has 0 bridgehead atoms. The fraction of sp³-hybridized carbons (Fsp3) is 0.0588. The average Bonchev–Trinajstić information content (AvgIpc) is 3.02. The van der Waals surface area contributed by atoms with E-state index in [9.17, 15) is 4.79 Å². The molecule has 25 heavy (non-hydrogen) atoms. The molecule has 1 heterocycles. The van der Waals surface area contributed by atoms with Crippen molar-refractivity contribution in [1.82, 2.24) is 4.98 Å². The number of hydrogen-bond donors (Lipinski definition) is 1. The van der Waals surface area contributed by atoms with Gasteiger partial charge in [-0.2, -0.15) is 0 Å². The van der Waals surface area contributed by atoms with Crippen molar-refractivity contribution >= 4 is 57.2 Å². The van der Waals surface area contributed by atoms with Crippen LogP contribution in [-0.2, 0) is 4.79 Å². The van der Waals surface area contributed by atoms with Crippen molar-refractivity contribution < 1.29 is 9.53 Å². The summed E-state index contributed by atoms with van der Waals surface area (Å²) in [5.74, 6) is 0.255. The summed E-state index contributed by atoms with van der Waals surface area (Å²) in [7, 11) is 0. The fourth-order valence-electron chi connectivity index (χ4n) is 1.99. The van der Waals surface area contributed by atoms with E-state index in [-0.39, 0.29) is 12.5 Å². The molecule has 1 aromatic heterocycles. The van der Waals surface area contributed by atoms with Crippen LogP contribution >= 0.6 is 46.1 Å². The number of nitrogens with one attached hydrogen (secondary N) is 1. The van der Waals surface area contributed by atoms with Crippen molar-refractivity contribution in [3.8, 4) is 17.0 Å². The van der Waals surface area contributed by atoms with Crippen LogP contribution in [0.5, 0.6) is 5.75 Å². The first-order chi connectivity index (χ1) is 12.0. The Morgan fingerprint density at radius 3 is 2.52 bits per heavy atom. The summed E-state index contributed by atoms with van der Waals surface area (Å²) in [6, 6.07) is 11.9. The number of carbonyl (C=O) groups is 1. The van der Waals surface area contributed by atoms with E-state index in [0.29, 0.717) is 31.6 Å². The summed E-state index contributed by atoms with van der Waals surface area (Å²) in [6.07, 6.45) is 0. The Hall–Kier alpha value is -1.79. The number of anilines is 1. The van der Waals surface area contributed by atoms with Gasteiger partial charge < -0.3 is 4.74 Å². The predicted octanol–water partition coefficient (Wildman–Crippen LogP) is 5.79. The predicted molar refractivity (Wildman–Crippen MR) is 103 cm³/mol. The van der Waals surface area contributed by atoms with Gasteiger partial charge in [0.2, 0.25) is 0 Å². The average molecular weight is 414 g/mol. The van der Waals surface area contributed by atoms with E-state index >= 15 is 0 Å². The molecule has 0 aliphatic carbocycles. The number of thiazole rings is 1. The van der Waals surface area contributed by atoms with Crippen LogP contribution in [0.2, 0.25) is 15.1 Å². The van der Waals surface area contributed by atoms with Gasteiger partial charge in [-0.25, -0.2) is 4.98 Å². The largest absolute Gasteiger partial charge is 0.484 e. The highest BCUT2D eigenvalue weighted by molar-refractivity contribution is 7.14. The minimum absolute atomic E-state index is 0.127. The smallest absolute Gasteiger partial charge is 0.264 e. The molecule has 0 spiro atoms. The molecule has 0 aliphatic rings. The summed E-state index contributed by atoms with van der Waals surface area (Å²) in [4.78, 5) is 16.3. The second-order valence-electron chi connectivity index (χ2n) is 4.95. The van der Waals surface area contributed by atoms with Crippen molar-refractivity contribution in [1.29, 1.82) is 0 Å². The standard InChI is InChI=1S/C17H11Cl3N2O2S/c18-10-1-4-12(5-2-10)24-8-16(23)22-17-21-15(9-25-17)13-6-3-11(19)7-14(13)20/h1-7,9H,8H2,(H,21,22,23). The first-order valence-electron chi connectivity index (χ1n) is 7.10. The Morgan fingerprint density at radius 2 is 1.80 bits per heavy atom. The minimum Gasteiger partial charge on any atom is -0.484 e. The first-order valence-corrected chi connectivity index (χ1v) is 9.12. The van der Waals surface area contributed by atoms with Gasteiger partial charge in [0, 0.05) is 21.0 Å². The second-order valence-corrected chi connectivity index (χ2v) is 7.09. The van der Waals surface area contributed by atoms with Crippen LogP contribution in [0.15, 0.2) is 47.8 Å². The number of rotatable bonds is 5. The number of halogens is 3. The molecule has 128 valence electrons. The van der Waals surface area contributed by atoms with Gasteiger partial charge in [-0.1, -0.05) is 34.8 Å². The van der Waals surface area contributed by atoms with Gasteiger partial charge in [-0.3, -0.25) is 10.1 Å². The number of ether oxygens (including phenoxy) is 1. The Bertz CT molecular complexity index is 897. The lowest BCUT2D eigenvalue weighted by atomic mass is 10.2. The van der Waals surface area contributed by atoms with Crippen molar-refractivity contribution in [3.05, 3.63) is 62.9 Å². The molecule has 1 N–H and O–H groups in total. The molecule has 3 aromatic rings. The van der Waals surface area contributed by atoms with E-state index in [1.807, 2.05) is 5.38 Å². The third-order valence-corrected chi connectivity index (χ3v) is 4.70. The Balaban J connectivity index is 1.60. The van der Waals surface area contributed by atoms with Gasteiger partial charge in [-0.15, -0.1) is 11.3 Å². The monoisotopic (exact) mass is 412 g/mol. The van der Waals surface area contributed by atoms with Gasteiger partial charge in [0.1, 0.15) is 5.75 Å². The highest BCUT2D eigenvalue weighted by atomic mass is 35.5. The molecule has 2 aromatic carbocycles. The number of aromatic nitrogens is 1. The topological polar surface area (TPSA) is 51.2 Å². The number of benzene rings is 2. The maximum atomic E-state index is 12.0. The van der Waals surface area contributed by atoms with E-state index in [4.69, 9.17) is 39.5 Å². The molecule has 0 unspecified atom stereocenters. The van der Waals surface area contributed by atoms with Gasteiger partial charge in [0.25, 0.3) is 5.91 Å². The molecule has 0 saturated carbocycles. The number of amides is 1. The summed E-state index contributed by atoms with van der Waals surface area (Å²) in [5.41, 5.74) is 1.42. The lowest BCUT2D eigenvalue weighted by Crippen LogP contribution is -2.20. The molecule has 0 saturated heterocycles. The number of nitrogens with zero attached hydrogens (tertiary/aromatic N) is 1. The molecule has 0 atom stereocenters. The lowest BCUT2D eigenvalue weighted by molar-refractivity contribution is -0.118. The number of hydrogen-bond acceptors (Lipinski definition) is 4. The zero-order valence-electron chi connectivity index (χ0n) is 12.6. The third kappa shape index (κ3) is 4.86. The van der Waals surface area contributed by atoms with Crippen LogP contribution < -0.4 is 10.1 Å². The summed E-state index contributed by atoms with van der Waals surface area (Å²) < 4.78 is 5.39. The zero-order chi connectivity index (χ0) is 17.8. The van der Waals surface area contributed by atoms with Crippen LogP contribution in [0, 0.1) is 0 Å². The first kappa shape index (κ1) is 18.0. The van der Waals surface area contributed by atoms with Crippen LogP contribution in [0.1, 0.15) is 0 Å². The zero-order valence-corrected chi connectivity index (χ0v) is 15.7. The Kier molecular flexibility index (Phi) is 5.81. The number of carbonyl (C=O) groups excluding carboxylic acids is 1.